The Morgan fingerprint density at radius 3 is 2.59 bits per heavy atom. The SMILES string of the molecule is COc1ccc2c(c1)CC(CN1CCC(O)(Cc3ccc(C)cc3)CC1)O2. The smallest absolute Gasteiger partial charge is 0.123 e. The van der Waals surface area contributed by atoms with Crippen molar-refractivity contribution in [3.05, 3.63) is 59.2 Å². The molecule has 2 heterocycles. The summed E-state index contributed by atoms with van der Waals surface area (Å²) in [6.07, 6.45) is 3.49. The number of likely N-dealkylation sites (tertiary alicyclic amines) is 1. The quantitative estimate of drug-likeness (QED) is 0.880. The molecule has 2 aliphatic rings. The van der Waals surface area contributed by atoms with Gasteiger partial charge in [-0.3, -0.25) is 4.90 Å². The molecule has 0 saturated carbocycles. The minimum atomic E-state index is -0.585. The van der Waals surface area contributed by atoms with E-state index in [0.29, 0.717) is 0 Å². The maximum Gasteiger partial charge on any atom is 0.123 e. The van der Waals surface area contributed by atoms with Gasteiger partial charge in [-0.1, -0.05) is 29.8 Å². The van der Waals surface area contributed by atoms with Crippen LogP contribution in [-0.2, 0) is 12.8 Å². The Kier molecular flexibility index (Phi) is 5.11. The average Bonchev–Trinajstić information content (AvgIpc) is 3.07. The van der Waals surface area contributed by atoms with Crippen LogP contribution in [0, 0.1) is 6.92 Å². The Labute approximate surface area is 161 Å². The van der Waals surface area contributed by atoms with Gasteiger partial charge in [0.25, 0.3) is 0 Å². The van der Waals surface area contributed by atoms with Crippen LogP contribution in [0.15, 0.2) is 42.5 Å². The summed E-state index contributed by atoms with van der Waals surface area (Å²) in [7, 11) is 1.69. The van der Waals surface area contributed by atoms with Crippen LogP contribution in [0.25, 0.3) is 0 Å². The van der Waals surface area contributed by atoms with Crippen LogP contribution in [-0.4, -0.2) is 48.5 Å². The first-order chi connectivity index (χ1) is 13.0. The lowest BCUT2D eigenvalue weighted by atomic mass is 9.85. The number of benzene rings is 2. The number of aryl methyl sites for hydroxylation is 1. The molecule has 1 fully saturated rings. The van der Waals surface area contributed by atoms with Crippen molar-refractivity contribution in [3.8, 4) is 11.5 Å². The molecule has 4 nitrogen and oxygen atoms in total. The van der Waals surface area contributed by atoms with E-state index in [1.807, 2.05) is 12.1 Å². The van der Waals surface area contributed by atoms with Gasteiger partial charge >= 0.3 is 0 Å². The third kappa shape index (κ3) is 4.28. The zero-order chi connectivity index (χ0) is 18.9. The lowest BCUT2D eigenvalue weighted by molar-refractivity contribution is -0.0265. The van der Waals surface area contributed by atoms with E-state index in [4.69, 9.17) is 9.47 Å². The molecule has 0 radical (unpaired) electrons. The van der Waals surface area contributed by atoms with Crippen molar-refractivity contribution < 1.29 is 14.6 Å². The number of nitrogens with zero attached hydrogens (tertiary/aromatic N) is 1. The summed E-state index contributed by atoms with van der Waals surface area (Å²) in [5, 5.41) is 11.0. The highest BCUT2D eigenvalue weighted by atomic mass is 16.5. The highest BCUT2D eigenvalue weighted by molar-refractivity contribution is 5.43. The second-order valence-corrected chi connectivity index (χ2v) is 8.10. The molecular weight excluding hydrogens is 338 g/mol. The van der Waals surface area contributed by atoms with Gasteiger partial charge in [-0.2, -0.15) is 0 Å². The Morgan fingerprint density at radius 1 is 1.15 bits per heavy atom. The molecule has 0 spiro atoms. The molecule has 2 aliphatic heterocycles. The maximum atomic E-state index is 11.0. The molecule has 1 atom stereocenters. The molecule has 144 valence electrons. The van der Waals surface area contributed by atoms with Gasteiger partial charge in [0.15, 0.2) is 0 Å². The van der Waals surface area contributed by atoms with Crippen molar-refractivity contribution in [2.24, 2.45) is 0 Å². The highest BCUT2D eigenvalue weighted by Crippen LogP contribution is 2.33. The summed E-state index contributed by atoms with van der Waals surface area (Å²) >= 11 is 0. The van der Waals surface area contributed by atoms with Crippen LogP contribution in [0.1, 0.15) is 29.5 Å². The van der Waals surface area contributed by atoms with E-state index in [1.165, 1.54) is 16.7 Å². The molecule has 0 bridgehead atoms. The first-order valence-electron chi connectivity index (χ1n) is 9.87. The zero-order valence-corrected chi connectivity index (χ0v) is 16.3. The lowest BCUT2D eigenvalue weighted by Gasteiger charge is -2.39. The third-order valence-corrected chi connectivity index (χ3v) is 5.91. The highest BCUT2D eigenvalue weighted by Gasteiger charge is 2.34. The molecule has 0 aliphatic carbocycles. The Bertz CT molecular complexity index is 779. The topological polar surface area (TPSA) is 41.9 Å². The molecular formula is C23H29NO3. The molecule has 0 aromatic heterocycles. The third-order valence-electron chi connectivity index (χ3n) is 5.91. The molecule has 2 aromatic rings. The van der Waals surface area contributed by atoms with Gasteiger partial charge in [0.1, 0.15) is 17.6 Å². The van der Waals surface area contributed by atoms with Crippen molar-refractivity contribution in [2.45, 2.75) is 44.3 Å². The van der Waals surface area contributed by atoms with Crippen molar-refractivity contribution in [3.63, 3.8) is 0 Å². The summed E-state index contributed by atoms with van der Waals surface area (Å²) < 4.78 is 11.4. The number of hydrogen-bond acceptors (Lipinski definition) is 4. The molecule has 1 unspecified atom stereocenters. The molecule has 1 N–H and O–H groups in total. The lowest BCUT2D eigenvalue weighted by Crippen LogP contribution is -2.48. The van der Waals surface area contributed by atoms with E-state index in [-0.39, 0.29) is 6.10 Å². The number of methoxy groups -OCH3 is 1. The van der Waals surface area contributed by atoms with Gasteiger partial charge < -0.3 is 14.6 Å². The maximum absolute atomic E-state index is 11.0. The number of aliphatic hydroxyl groups is 1. The predicted molar refractivity (Wildman–Crippen MR) is 107 cm³/mol. The van der Waals surface area contributed by atoms with Crippen molar-refractivity contribution in [1.82, 2.24) is 4.90 Å². The number of hydrogen-bond donors (Lipinski definition) is 1. The van der Waals surface area contributed by atoms with Gasteiger partial charge in [-0.15, -0.1) is 0 Å². The van der Waals surface area contributed by atoms with E-state index < -0.39 is 5.60 Å². The molecule has 0 amide bonds. The van der Waals surface area contributed by atoms with Gasteiger partial charge in [0.05, 0.1) is 12.7 Å². The number of rotatable bonds is 5. The second kappa shape index (κ2) is 7.53. The summed E-state index contributed by atoms with van der Waals surface area (Å²) in [6, 6.07) is 14.6. The summed E-state index contributed by atoms with van der Waals surface area (Å²) in [5.74, 6) is 1.87. The van der Waals surface area contributed by atoms with Crippen molar-refractivity contribution >= 4 is 0 Å². The van der Waals surface area contributed by atoms with Crippen LogP contribution in [0.5, 0.6) is 11.5 Å². The molecule has 4 heteroatoms. The van der Waals surface area contributed by atoms with E-state index in [0.717, 1.165) is 56.8 Å². The first-order valence-corrected chi connectivity index (χ1v) is 9.87. The fraction of sp³-hybridized carbons (Fsp3) is 0.478. The first kappa shape index (κ1) is 18.3. The monoisotopic (exact) mass is 367 g/mol. The Morgan fingerprint density at radius 2 is 1.89 bits per heavy atom. The number of ether oxygens (including phenoxy) is 2. The fourth-order valence-corrected chi connectivity index (χ4v) is 4.23. The van der Waals surface area contributed by atoms with Gasteiger partial charge in [0, 0.05) is 38.0 Å². The van der Waals surface area contributed by atoms with E-state index in [2.05, 4.69) is 42.2 Å². The summed E-state index contributed by atoms with van der Waals surface area (Å²) in [4.78, 5) is 2.43. The second-order valence-electron chi connectivity index (χ2n) is 8.10. The van der Waals surface area contributed by atoms with Gasteiger partial charge in [-0.05, 0) is 43.5 Å². The van der Waals surface area contributed by atoms with Crippen LogP contribution in [0.2, 0.25) is 0 Å². The molecule has 1 saturated heterocycles. The van der Waals surface area contributed by atoms with E-state index in [1.54, 1.807) is 7.11 Å². The summed E-state index contributed by atoms with van der Waals surface area (Å²) in [6.45, 7) is 4.85. The molecule has 4 rings (SSSR count). The zero-order valence-electron chi connectivity index (χ0n) is 16.3. The normalized spacial score (nSPS) is 21.5. The van der Waals surface area contributed by atoms with Crippen LogP contribution >= 0.6 is 0 Å². The van der Waals surface area contributed by atoms with Crippen LogP contribution in [0.3, 0.4) is 0 Å². The van der Waals surface area contributed by atoms with Crippen molar-refractivity contribution in [2.75, 3.05) is 26.7 Å². The van der Waals surface area contributed by atoms with E-state index in [9.17, 15) is 5.11 Å². The Hall–Kier alpha value is -2.04. The van der Waals surface area contributed by atoms with E-state index >= 15 is 0 Å². The minimum absolute atomic E-state index is 0.190. The van der Waals surface area contributed by atoms with Gasteiger partial charge in [-0.25, -0.2) is 0 Å². The van der Waals surface area contributed by atoms with Crippen LogP contribution in [0.4, 0.5) is 0 Å². The molecule has 2 aromatic carbocycles. The number of fused-ring (bicyclic) bond motifs is 1. The predicted octanol–water partition coefficient (Wildman–Crippen LogP) is 3.38. The van der Waals surface area contributed by atoms with Gasteiger partial charge in [0.2, 0.25) is 0 Å². The minimum Gasteiger partial charge on any atom is -0.497 e. The largest absolute Gasteiger partial charge is 0.497 e. The Balaban J connectivity index is 1.29. The summed E-state index contributed by atoms with van der Waals surface area (Å²) in [5.41, 5.74) is 3.13. The average molecular weight is 367 g/mol. The number of piperidine rings is 1. The van der Waals surface area contributed by atoms with Crippen molar-refractivity contribution in [1.29, 1.82) is 0 Å². The standard InChI is InChI=1S/C23H29NO3/c1-17-3-5-18(6-4-17)15-23(25)9-11-24(12-10-23)16-21-14-19-13-20(26-2)7-8-22(19)27-21/h3-8,13,21,25H,9-12,14-16H2,1-2H3. The van der Waals surface area contributed by atoms with Crippen LogP contribution < -0.4 is 9.47 Å². The fourth-order valence-electron chi connectivity index (χ4n) is 4.23. The molecule has 27 heavy (non-hydrogen) atoms.